The minimum atomic E-state index is -1.28. The zero-order valence-electron chi connectivity index (χ0n) is 29.3. The molecule has 5 rings (SSSR count). The minimum absolute atomic E-state index is 0.0477. The Morgan fingerprint density at radius 3 is 2.38 bits per heavy atom. The molecule has 3 amide bonds. The zero-order valence-corrected chi connectivity index (χ0v) is 29.3. The normalized spacial score (nSPS) is 24.6. The molecule has 0 aliphatic carbocycles. The third kappa shape index (κ3) is 6.93. The van der Waals surface area contributed by atoms with Crippen LogP contribution in [0.3, 0.4) is 0 Å². The molecule has 2 aromatic rings. The Balaban J connectivity index is 1.45. The number of amides is 3. The summed E-state index contributed by atoms with van der Waals surface area (Å²) in [4.78, 5) is 61.1. The number of aliphatic hydroxyl groups excluding tert-OH is 1. The summed E-state index contributed by atoms with van der Waals surface area (Å²) in [6.07, 6.45) is 3.49. The molecule has 1 spiro atoms. The number of nitrogens with one attached hydrogen (secondary N) is 1. The molecule has 11 nitrogen and oxygen atoms in total. The predicted octanol–water partition coefficient (Wildman–Crippen LogP) is 4.17. The molecule has 3 aliphatic rings. The van der Waals surface area contributed by atoms with Crippen LogP contribution in [0, 0.1) is 11.8 Å². The van der Waals surface area contributed by atoms with Crippen LogP contribution in [0.2, 0.25) is 0 Å². The van der Waals surface area contributed by atoms with Crippen LogP contribution < -0.4 is 15.1 Å². The summed E-state index contributed by atoms with van der Waals surface area (Å²) < 4.78 is 12.7. The molecule has 3 saturated heterocycles. The third-order valence-corrected chi connectivity index (χ3v) is 10.3. The first-order valence-corrected chi connectivity index (χ1v) is 17.7. The van der Waals surface area contributed by atoms with Gasteiger partial charge in [-0.15, -0.1) is 13.2 Å². The number of hydrogen-bond donors (Lipinski definition) is 2. The van der Waals surface area contributed by atoms with Gasteiger partial charge in [-0.2, -0.15) is 0 Å². The number of fused-ring (bicyclic) bond motifs is 1. The summed E-state index contributed by atoms with van der Waals surface area (Å²) in [6.45, 7) is 14.9. The van der Waals surface area contributed by atoms with Crippen molar-refractivity contribution in [2.24, 2.45) is 11.8 Å². The molecular formula is C39H50N4O7. The summed E-state index contributed by atoms with van der Waals surface area (Å²) in [5, 5.41) is 13.1. The molecule has 2 bridgehead atoms. The van der Waals surface area contributed by atoms with E-state index >= 15 is 0 Å². The minimum Gasteiger partial charge on any atom is -0.455 e. The first-order valence-electron chi connectivity index (χ1n) is 17.7. The number of likely N-dealkylation sites (tertiary alicyclic amines) is 1. The van der Waals surface area contributed by atoms with Crippen molar-refractivity contribution in [2.45, 2.75) is 76.3 Å². The van der Waals surface area contributed by atoms with Crippen LogP contribution in [0.5, 0.6) is 0 Å². The van der Waals surface area contributed by atoms with E-state index in [0.717, 1.165) is 18.8 Å². The lowest BCUT2D eigenvalue weighted by Gasteiger charge is -2.38. The smallest absolute Gasteiger partial charge is 0.313 e. The molecule has 268 valence electrons. The number of ether oxygens (including phenoxy) is 2. The average molecular weight is 687 g/mol. The van der Waals surface area contributed by atoms with Crippen LogP contribution in [0.15, 0.2) is 79.9 Å². The summed E-state index contributed by atoms with van der Waals surface area (Å²) in [5.74, 6) is -3.55. The highest BCUT2D eigenvalue weighted by Crippen LogP contribution is 2.59. The van der Waals surface area contributed by atoms with Gasteiger partial charge < -0.3 is 34.6 Å². The quantitative estimate of drug-likeness (QED) is 0.188. The second-order valence-corrected chi connectivity index (χ2v) is 13.2. The van der Waals surface area contributed by atoms with Gasteiger partial charge in [0.1, 0.15) is 17.7 Å². The number of anilines is 2. The number of benzene rings is 2. The Bertz CT molecular complexity index is 1550. The van der Waals surface area contributed by atoms with Gasteiger partial charge >= 0.3 is 5.97 Å². The van der Waals surface area contributed by atoms with Crippen LogP contribution in [0.4, 0.5) is 11.4 Å². The van der Waals surface area contributed by atoms with E-state index in [4.69, 9.17) is 9.47 Å². The van der Waals surface area contributed by atoms with E-state index in [0.29, 0.717) is 30.5 Å². The molecule has 3 aliphatic heterocycles. The lowest BCUT2D eigenvalue weighted by Crippen LogP contribution is -2.58. The standard InChI is InChI=1S/C39H50N4O7/c1-6-10-16-32(45)40-24-31(27-14-12-11-13-15-27)49-38(48)33-30-21-22-39(50-30)34(33)36(46)43(26(5)25-44)35(39)37(47)42(23-7-2)29-19-17-28(18-20-29)41(8-3)9-4/h6-7,11-15,17-20,26,30-31,33-35,44H,1-2,8-10,16,21-25H2,3-5H3,(H,40,45)/t26-,30-,31-,33+,34+,35-,39+/m1/s1. The van der Waals surface area contributed by atoms with Gasteiger partial charge in [-0.3, -0.25) is 19.2 Å². The number of aliphatic hydroxyl groups is 1. The molecule has 7 atom stereocenters. The van der Waals surface area contributed by atoms with Crippen molar-refractivity contribution in [3.8, 4) is 0 Å². The monoisotopic (exact) mass is 686 g/mol. The highest BCUT2D eigenvalue weighted by atomic mass is 16.6. The van der Waals surface area contributed by atoms with Crippen molar-refractivity contribution in [1.82, 2.24) is 10.2 Å². The molecule has 0 unspecified atom stereocenters. The predicted molar refractivity (Wildman–Crippen MR) is 191 cm³/mol. The van der Waals surface area contributed by atoms with Crippen molar-refractivity contribution in [3.63, 3.8) is 0 Å². The topological polar surface area (TPSA) is 129 Å². The number of rotatable bonds is 17. The molecule has 0 saturated carbocycles. The average Bonchev–Trinajstić information content (AvgIpc) is 3.79. The van der Waals surface area contributed by atoms with E-state index in [1.807, 2.05) is 54.6 Å². The van der Waals surface area contributed by atoms with Gasteiger partial charge in [-0.1, -0.05) is 42.5 Å². The summed E-state index contributed by atoms with van der Waals surface area (Å²) in [5.41, 5.74) is 1.07. The fourth-order valence-electron chi connectivity index (χ4n) is 7.87. The van der Waals surface area contributed by atoms with E-state index in [-0.39, 0.29) is 37.9 Å². The fourth-order valence-corrected chi connectivity index (χ4v) is 7.87. The van der Waals surface area contributed by atoms with Gasteiger partial charge in [0.2, 0.25) is 11.8 Å². The maximum Gasteiger partial charge on any atom is 0.313 e. The number of nitrogens with zero attached hydrogens (tertiary/aromatic N) is 3. The van der Waals surface area contributed by atoms with Crippen molar-refractivity contribution >= 4 is 35.1 Å². The second kappa shape index (κ2) is 16.0. The van der Waals surface area contributed by atoms with Gasteiger partial charge in [0.25, 0.3) is 5.91 Å². The van der Waals surface area contributed by atoms with Crippen LogP contribution in [-0.2, 0) is 28.7 Å². The van der Waals surface area contributed by atoms with Crippen LogP contribution >= 0.6 is 0 Å². The Kier molecular flexibility index (Phi) is 11.8. The molecule has 11 heteroatoms. The maximum absolute atomic E-state index is 14.8. The molecule has 2 N–H and O–H groups in total. The Labute approximate surface area is 294 Å². The zero-order chi connectivity index (χ0) is 36.0. The van der Waals surface area contributed by atoms with Crippen molar-refractivity contribution in [2.75, 3.05) is 42.6 Å². The van der Waals surface area contributed by atoms with Gasteiger partial charge in [-0.25, -0.2) is 0 Å². The van der Waals surface area contributed by atoms with Gasteiger partial charge in [0, 0.05) is 37.4 Å². The first-order chi connectivity index (χ1) is 24.1. The highest BCUT2D eigenvalue weighted by Gasteiger charge is 2.75. The molecule has 50 heavy (non-hydrogen) atoms. The van der Waals surface area contributed by atoms with Crippen LogP contribution in [-0.4, -0.2) is 90.3 Å². The van der Waals surface area contributed by atoms with Gasteiger partial charge in [0.05, 0.1) is 37.1 Å². The van der Waals surface area contributed by atoms with Crippen molar-refractivity contribution in [3.05, 3.63) is 85.5 Å². The molecule has 2 aromatic carbocycles. The van der Waals surface area contributed by atoms with Crippen molar-refractivity contribution < 1.29 is 33.8 Å². The number of allylic oxidation sites excluding steroid dienone is 1. The third-order valence-electron chi connectivity index (χ3n) is 10.3. The lowest BCUT2D eigenvalue weighted by atomic mass is 9.70. The van der Waals surface area contributed by atoms with E-state index in [1.165, 1.54) is 4.90 Å². The summed E-state index contributed by atoms with van der Waals surface area (Å²) >= 11 is 0. The molecule has 0 radical (unpaired) electrons. The van der Waals surface area contributed by atoms with E-state index in [9.17, 15) is 24.3 Å². The summed E-state index contributed by atoms with van der Waals surface area (Å²) in [6, 6.07) is 15.0. The van der Waals surface area contributed by atoms with Gasteiger partial charge in [-0.05, 0) is 69.9 Å². The van der Waals surface area contributed by atoms with E-state index < -0.39 is 53.6 Å². The molecule has 3 heterocycles. The van der Waals surface area contributed by atoms with E-state index in [2.05, 4.69) is 37.2 Å². The van der Waals surface area contributed by atoms with Crippen LogP contribution in [0.25, 0.3) is 0 Å². The second-order valence-electron chi connectivity index (χ2n) is 13.2. The Hall–Kier alpha value is -4.48. The highest BCUT2D eigenvalue weighted by molar-refractivity contribution is 6.05. The Morgan fingerprint density at radius 2 is 1.76 bits per heavy atom. The number of carbonyl (C=O) groups is 4. The Morgan fingerprint density at radius 1 is 1.08 bits per heavy atom. The molecule has 3 fully saturated rings. The SMILES string of the molecule is C=CCCC(=O)NC[C@@H](OC(=O)[C@@H]1[C@H]2C(=O)N([C@H](C)CO)[C@H](C(=O)N(CC=C)c3ccc(N(CC)CC)cc3)[C@]23CC[C@H]1O3)c1ccccc1. The maximum atomic E-state index is 14.8. The number of esters is 1. The number of hydrogen-bond acceptors (Lipinski definition) is 8. The fraction of sp³-hybridized carbons (Fsp3) is 0.487. The van der Waals surface area contributed by atoms with Crippen molar-refractivity contribution in [1.29, 1.82) is 0 Å². The largest absolute Gasteiger partial charge is 0.455 e. The van der Waals surface area contributed by atoms with Crippen LogP contribution in [0.1, 0.15) is 58.1 Å². The lowest BCUT2D eigenvalue weighted by molar-refractivity contribution is -0.161. The number of carbonyl (C=O) groups excluding carboxylic acids is 4. The van der Waals surface area contributed by atoms with E-state index in [1.54, 1.807) is 24.0 Å². The molecular weight excluding hydrogens is 636 g/mol. The van der Waals surface area contributed by atoms with Gasteiger partial charge in [0.15, 0.2) is 0 Å². The molecule has 0 aromatic heterocycles. The summed E-state index contributed by atoms with van der Waals surface area (Å²) in [7, 11) is 0. The first kappa shape index (κ1) is 36.8.